The third-order valence-corrected chi connectivity index (χ3v) is 3.88. The second-order valence-electron chi connectivity index (χ2n) is 5.68. The molecule has 0 unspecified atom stereocenters. The Balaban J connectivity index is 2.34. The third kappa shape index (κ3) is 3.33. The monoisotopic (exact) mass is 282 g/mol. The number of hydrogen-bond acceptors (Lipinski definition) is 2. The summed E-state index contributed by atoms with van der Waals surface area (Å²) in [6, 6.07) is 10.1. The molecule has 0 saturated carbocycles. The van der Waals surface area contributed by atoms with Crippen LogP contribution in [0.1, 0.15) is 38.2 Å². The van der Waals surface area contributed by atoms with Crippen LogP contribution in [-0.4, -0.2) is 12.9 Å². The van der Waals surface area contributed by atoms with Crippen molar-refractivity contribution in [1.82, 2.24) is 0 Å². The van der Waals surface area contributed by atoms with Crippen LogP contribution in [0.4, 0.5) is 0 Å². The van der Waals surface area contributed by atoms with Crippen LogP contribution >= 0.6 is 0 Å². The van der Waals surface area contributed by atoms with Gasteiger partial charge >= 0.3 is 0 Å². The number of rotatable bonds is 4. The zero-order chi connectivity index (χ0) is 15.6. The van der Waals surface area contributed by atoms with Crippen molar-refractivity contribution in [3.05, 3.63) is 63.7 Å². The maximum atomic E-state index is 12.6. The van der Waals surface area contributed by atoms with E-state index in [-0.39, 0.29) is 5.78 Å². The average Bonchev–Trinajstić information content (AvgIpc) is 2.41. The summed E-state index contributed by atoms with van der Waals surface area (Å²) in [6.45, 7) is 8.12. The highest BCUT2D eigenvalue weighted by Gasteiger charge is 2.16. The van der Waals surface area contributed by atoms with Gasteiger partial charge in [-0.2, -0.15) is 0 Å². The number of ketones is 1. The van der Waals surface area contributed by atoms with Gasteiger partial charge in [-0.3, -0.25) is 4.79 Å². The molecule has 2 aromatic rings. The van der Waals surface area contributed by atoms with Gasteiger partial charge < -0.3 is 4.74 Å². The van der Waals surface area contributed by atoms with Gasteiger partial charge in [0, 0.05) is 6.42 Å². The number of hydrogen-bond donors (Lipinski definition) is 0. The second-order valence-corrected chi connectivity index (χ2v) is 5.68. The highest BCUT2D eigenvalue weighted by Crippen LogP contribution is 2.26. The van der Waals surface area contributed by atoms with E-state index in [1.807, 2.05) is 32.0 Å². The van der Waals surface area contributed by atoms with E-state index in [1.54, 1.807) is 7.11 Å². The van der Waals surface area contributed by atoms with E-state index in [9.17, 15) is 4.79 Å². The lowest BCUT2D eigenvalue weighted by molar-refractivity contribution is 0.0989. The molecule has 0 radical (unpaired) electrons. The normalized spacial score (nSPS) is 10.5. The fourth-order valence-electron chi connectivity index (χ4n) is 2.63. The summed E-state index contributed by atoms with van der Waals surface area (Å²) in [4.78, 5) is 12.6. The lowest BCUT2D eigenvalue weighted by atomic mass is 9.95. The van der Waals surface area contributed by atoms with E-state index >= 15 is 0 Å². The Morgan fingerprint density at radius 3 is 2.29 bits per heavy atom. The molecule has 21 heavy (non-hydrogen) atoms. The quantitative estimate of drug-likeness (QED) is 0.779. The number of ether oxygens (including phenoxy) is 1. The van der Waals surface area contributed by atoms with Crippen molar-refractivity contribution >= 4 is 5.78 Å². The van der Waals surface area contributed by atoms with Crippen LogP contribution < -0.4 is 4.74 Å². The maximum absolute atomic E-state index is 12.6. The molecule has 0 aliphatic rings. The number of aryl methyl sites for hydroxylation is 4. The largest absolute Gasteiger partial charge is 0.496 e. The summed E-state index contributed by atoms with van der Waals surface area (Å²) in [5.41, 5.74) is 6.28. The second kappa shape index (κ2) is 6.13. The summed E-state index contributed by atoms with van der Waals surface area (Å²) in [6.07, 6.45) is 0.404. The highest BCUT2D eigenvalue weighted by molar-refractivity contribution is 6.01. The van der Waals surface area contributed by atoms with E-state index in [1.165, 1.54) is 11.1 Å². The van der Waals surface area contributed by atoms with Gasteiger partial charge in [-0.25, -0.2) is 0 Å². The van der Waals surface area contributed by atoms with Crippen LogP contribution in [0, 0.1) is 27.7 Å². The highest BCUT2D eigenvalue weighted by atomic mass is 16.5. The summed E-state index contributed by atoms with van der Waals surface area (Å²) in [5, 5.41) is 0. The van der Waals surface area contributed by atoms with Crippen molar-refractivity contribution < 1.29 is 9.53 Å². The molecular weight excluding hydrogens is 260 g/mol. The van der Waals surface area contributed by atoms with Crippen LogP contribution in [0.25, 0.3) is 0 Å². The number of carbonyl (C=O) groups excluding carboxylic acids is 1. The molecule has 0 N–H and O–H groups in total. The van der Waals surface area contributed by atoms with E-state index in [0.29, 0.717) is 17.7 Å². The molecule has 0 aliphatic carbocycles. The van der Waals surface area contributed by atoms with Crippen LogP contribution in [0.2, 0.25) is 0 Å². The predicted molar refractivity (Wildman–Crippen MR) is 86.4 cm³/mol. The minimum atomic E-state index is 0.104. The predicted octanol–water partition coefficient (Wildman–Crippen LogP) is 4.35. The lowest BCUT2D eigenvalue weighted by Crippen LogP contribution is -2.08. The van der Waals surface area contributed by atoms with Gasteiger partial charge in [0.05, 0.1) is 12.7 Å². The van der Waals surface area contributed by atoms with Crippen LogP contribution in [0.3, 0.4) is 0 Å². The Morgan fingerprint density at radius 2 is 1.67 bits per heavy atom. The Kier molecular flexibility index (Phi) is 4.46. The van der Waals surface area contributed by atoms with Crippen LogP contribution in [0.15, 0.2) is 30.3 Å². The SMILES string of the molecule is COc1cc(C)cc(C)c1C(=O)Cc1ccc(C)c(C)c1. The van der Waals surface area contributed by atoms with E-state index in [0.717, 1.165) is 16.7 Å². The molecule has 0 amide bonds. The van der Waals surface area contributed by atoms with Crippen molar-refractivity contribution in [2.45, 2.75) is 34.1 Å². The van der Waals surface area contributed by atoms with Crippen molar-refractivity contribution in [1.29, 1.82) is 0 Å². The number of methoxy groups -OCH3 is 1. The first kappa shape index (κ1) is 15.3. The molecule has 0 heterocycles. The van der Waals surface area contributed by atoms with Gasteiger partial charge in [-0.1, -0.05) is 24.3 Å². The van der Waals surface area contributed by atoms with Crippen molar-refractivity contribution in [3.8, 4) is 5.75 Å². The van der Waals surface area contributed by atoms with Gasteiger partial charge in [0.2, 0.25) is 0 Å². The zero-order valence-electron chi connectivity index (χ0n) is 13.4. The Morgan fingerprint density at radius 1 is 0.952 bits per heavy atom. The molecule has 2 heteroatoms. The molecule has 0 bridgehead atoms. The first-order valence-corrected chi connectivity index (χ1v) is 7.17. The molecule has 0 atom stereocenters. The molecule has 0 aromatic heterocycles. The topological polar surface area (TPSA) is 26.3 Å². The zero-order valence-corrected chi connectivity index (χ0v) is 13.4. The fraction of sp³-hybridized carbons (Fsp3) is 0.316. The van der Waals surface area contributed by atoms with Crippen molar-refractivity contribution in [3.63, 3.8) is 0 Å². The summed E-state index contributed by atoms with van der Waals surface area (Å²) < 4.78 is 5.39. The molecule has 0 aliphatic heterocycles. The Labute approximate surface area is 126 Å². The molecule has 0 saturated heterocycles. The minimum absolute atomic E-state index is 0.104. The van der Waals surface area contributed by atoms with Crippen LogP contribution in [0.5, 0.6) is 5.75 Å². The molecule has 110 valence electrons. The summed E-state index contributed by atoms with van der Waals surface area (Å²) in [5.74, 6) is 0.772. The molecular formula is C19H22O2. The van der Waals surface area contributed by atoms with Gasteiger partial charge in [0.25, 0.3) is 0 Å². The van der Waals surface area contributed by atoms with Gasteiger partial charge in [-0.05, 0) is 61.6 Å². The lowest BCUT2D eigenvalue weighted by Gasteiger charge is -2.12. The molecule has 2 aromatic carbocycles. The number of benzene rings is 2. The van der Waals surface area contributed by atoms with Crippen molar-refractivity contribution in [2.75, 3.05) is 7.11 Å². The summed E-state index contributed by atoms with van der Waals surface area (Å²) >= 11 is 0. The smallest absolute Gasteiger partial charge is 0.171 e. The fourth-order valence-corrected chi connectivity index (χ4v) is 2.63. The van der Waals surface area contributed by atoms with Gasteiger partial charge in [0.15, 0.2) is 5.78 Å². The van der Waals surface area contributed by atoms with Gasteiger partial charge in [0.1, 0.15) is 5.75 Å². The number of Topliss-reactive ketones (excluding diaryl/α,β-unsaturated/α-hetero) is 1. The van der Waals surface area contributed by atoms with E-state index < -0.39 is 0 Å². The first-order valence-electron chi connectivity index (χ1n) is 7.17. The number of carbonyl (C=O) groups is 1. The molecule has 2 nitrogen and oxygen atoms in total. The standard InChI is InChI=1S/C19H22O2/c1-12-8-15(4)19(18(9-12)21-5)17(20)11-16-7-6-13(2)14(3)10-16/h6-10H,11H2,1-5H3. The van der Waals surface area contributed by atoms with Crippen LogP contribution in [-0.2, 0) is 6.42 Å². The van der Waals surface area contributed by atoms with Gasteiger partial charge in [-0.15, -0.1) is 0 Å². The first-order chi connectivity index (χ1) is 9.92. The van der Waals surface area contributed by atoms with E-state index in [4.69, 9.17) is 4.74 Å². The minimum Gasteiger partial charge on any atom is -0.496 e. The summed E-state index contributed by atoms with van der Waals surface area (Å²) in [7, 11) is 1.61. The Hall–Kier alpha value is -2.09. The molecule has 0 spiro atoms. The van der Waals surface area contributed by atoms with E-state index in [2.05, 4.69) is 26.0 Å². The molecule has 2 rings (SSSR count). The Bertz CT molecular complexity index is 684. The third-order valence-electron chi connectivity index (χ3n) is 3.88. The average molecular weight is 282 g/mol. The maximum Gasteiger partial charge on any atom is 0.171 e. The molecule has 0 fully saturated rings. The van der Waals surface area contributed by atoms with Crippen molar-refractivity contribution in [2.24, 2.45) is 0 Å².